The second kappa shape index (κ2) is 14.8. The minimum Gasteiger partial charge on any atom is -0.490 e. The zero-order chi connectivity index (χ0) is 37.0. The van der Waals surface area contributed by atoms with Gasteiger partial charge in [0.05, 0.1) is 23.1 Å². The molecular weight excluding hydrogens is 706 g/mol. The predicted molar refractivity (Wildman–Crippen MR) is 211 cm³/mol. The lowest BCUT2D eigenvalue weighted by molar-refractivity contribution is -0.0947. The molecule has 6 aliphatic rings. The van der Waals surface area contributed by atoms with Crippen LogP contribution >= 0.6 is 11.6 Å². The first-order valence-corrected chi connectivity index (χ1v) is 22.3. The van der Waals surface area contributed by atoms with Crippen molar-refractivity contribution in [2.45, 2.75) is 113 Å². The zero-order valence-electron chi connectivity index (χ0n) is 31.8. The lowest BCUT2D eigenvalue weighted by Gasteiger charge is -2.52. The van der Waals surface area contributed by atoms with Crippen molar-refractivity contribution in [3.63, 3.8) is 0 Å². The Balaban J connectivity index is 1.19. The van der Waals surface area contributed by atoms with Gasteiger partial charge in [-0.2, -0.15) is 0 Å². The molecule has 2 bridgehead atoms. The number of piperidine rings is 2. The third-order valence-corrected chi connectivity index (χ3v) is 16.5. The number of amides is 1. The van der Waals surface area contributed by atoms with Gasteiger partial charge in [0, 0.05) is 42.2 Å². The quantitative estimate of drug-likeness (QED) is 0.318. The molecule has 4 heterocycles. The number of hydrogen-bond acceptors (Lipinski definition) is 7. The van der Waals surface area contributed by atoms with Crippen molar-refractivity contribution in [2.75, 3.05) is 44.8 Å². The standard InChI is InChI=1S/C43H58ClN3O5S/c1-29-8-6-19-43(51-3,25-31-17-21-46-20-5-4-10-36(46)22-31)38-14-11-34(38)26-47-27-42(18-7-9-32-23-35(44)13-15-37(32)42)28-52-40-16-12-33(24-39(40)47)41(48)45-53(49,50)30(29)2/h6,12-13,15-16,19,23-24,29-31,34,36,38H,4-5,7-11,14,17-18,20-22,25-28H2,1-3H3,(H,45,48)/b19-6+/t29-,30+,31?,34-,36+,38+,42-,43-/m0/s1. The van der Waals surface area contributed by atoms with E-state index < -0.39 is 26.8 Å². The number of hydrogen-bond donors (Lipinski definition) is 1. The van der Waals surface area contributed by atoms with Crippen LogP contribution in [0.1, 0.15) is 106 Å². The van der Waals surface area contributed by atoms with E-state index in [-0.39, 0.29) is 11.3 Å². The lowest BCUT2D eigenvalue weighted by Crippen LogP contribution is -2.54. The van der Waals surface area contributed by atoms with Crippen molar-refractivity contribution in [3.05, 3.63) is 70.3 Å². The van der Waals surface area contributed by atoms with E-state index in [9.17, 15) is 13.2 Å². The molecule has 1 unspecified atom stereocenters. The van der Waals surface area contributed by atoms with Crippen molar-refractivity contribution < 1.29 is 22.7 Å². The molecule has 1 saturated carbocycles. The summed E-state index contributed by atoms with van der Waals surface area (Å²) in [6.07, 6.45) is 17.7. The number of fused-ring (bicyclic) bond motifs is 5. The van der Waals surface area contributed by atoms with Crippen LogP contribution in [0.25, 0.3) is 0 Å². The van der Waals surface area contributed by atoms with Gasteiger partial charge in [-0.3, -0.25) is 4.79 Å². The molecule has 2 aromatic rings. The first kappa shape index (κ1) is 37.3. The summed E-state index contributed by atoms with van der Waals surface area (Å²) in [4.78, 5) is 18.9. The Morgan fingerprint density at radius 2 is 1.91 bits per heavy atom. The van der Waals surface area contributed by atoms with Crippen molar-refractivity contribution >= 4 is 33.2 Å². The number of methoxy groups -OCH3 is 1. The number of nitrogens with one attached hydrogen (secondary N) is 1. The third kappa shape index (κ3) is 7.18. The number of nitrogens with zero attached hydrogens (tertiary/aromatic N) is 2. The molecule has 0 aromatic heterocycles. The smallest absolute Gasteiger partial charge is 0.264 e. The van der Waals surface area contributed by atoms with Gasteiger partial charge >= 0.3 is 0 Å². The Kier molecular flexibility index (Phi) is 10.4. The van der Waals surface area contributed by atoms with E-state index in [1.165, 1.54) is 56.3 Å². The van der Waals surface area contributed by atoms with Crippen LogP contribution in [0, 0.1) is 23.7 Å². The van der Waals surface area contributed by atoms with Crippen molar-refractivity contribution in [1.82, 2.24) is 9.62 Å². The van der Waals surface area contributed by atoms with Crippen LogP contribution < -0.4 is 14.4 Å². The number of allylic oxidation sites excluding steroid dienone is 1. The van der Waals surface area contributed by atoms with Gasteiger partial charge in [-0.05, 0) is 156 Å². The SMILES string of the molecule is CO[C@]1(CC2CCN3CCCC[C@@H]3C2)/C=C/C[C@H](C)[C@@H](C)S(=O)(=O)NC(=O)c2ccc3c(c2)N(C[C@@H]2CC[C@H]21)C[C@@]1(CCCc2cc(Cl)ccc21)CO3. The maximum atomic E-state index is 13.7. The van der Waals surface area contributed by atoms with E-state index >= 15 is 0 Å². The highest BCUT2D eigenvalue weighted by Gasteiger charge is 2.50. The summed E-state index contributed by atoms with van der Waals surface area (Å²) < 4.78 is 43.2. The fourth-order valence-corrected chi connectivity index (χ4v) is 12.5. The molecular formula is C43H58ClN3O5S. The maximum absolute atomic E-state index is 13.7. The summed E-state index contributed by atoms with van der Waals surface area (Å²) in [7, 11) is -2.04. The molecule has 2 saturated heterocycles. The summed E-state index contributed by atoms with van der Waals surface area (Å²) in [6, 6.07) is 12.4. The Morgan fingerprint density at radius 3 is 2.72 bits per heavy atom. The van der Waals surface area contributed by atoms with Crippen LogP contribution in [0.5, 0.6) is 5.75 Å². The largest absolute Gasteiger partial charge is 0.490 e. The van der Waals surface area contributed by atoms with Crippen LogP contribution in [0.4, 0.5) is 5.69 Å². The molecule has 10 heteroatoms. The second-order valence-corrected chi connectivity index (χ2v) is 19.9. The second-order valence-electron chi connectivity index (χ2n) is 17.5. The van der Waals surface area contributed by atoms with E-state index in [0.29, 0.717) is 42.4 Å². The Morgan fingerprint density at radius 1 is 1.04 bits per heavy atom. The van der Waals surface area contributed by atoms with Gasteiger partial charge in [0.2, 0.25) is 10.0 Å². The van der Waals surface area contributed by atoms with Crippen molar-refractivity contribution in [1.29, 1.82) is 0 Å². The van der Waals surface area contributed by atoms with Crippen LogP contribution in [0.3, 0.4) is 0 Å². The summed E-state index contributed by atoms with van der Waals surface area (Å²) in [5.74, 6) is 1.23. The topological polar surface area (TPSA) is 88.2 Å². The first-order chi connectivity index (χ1) is 25.5. The summed E-state index contributed by atoms with van der Waals surface area (Å²) in [6.45, 7) is 8.16. The minimum atomic E-state index is -3.94. The predicted octanol–water partition coefficient (Wildman–Crippen LogP) is 7.92. The summed E-state index contributed by atoms with van der Waals surface area (Å²) in [5.41, 5.74) is 3.08. The van der Waals surface area contributed by atoms with Gasteiger partial charge in [0.25, 0.3) is 5.91 Å². The molecule has 2 aliphatic carbocycles. The Bertz CT molecular complexity index is 1840. The number of carbonyl (C=O) groups is 1. The van der Waals surface area contributed by atoms with E-state index in [2.05, 4.69) is 38.8 Å². The van der Waals surface area contributed by atoms with Gasteiger partial charge in [0.1, 0.15) is 5.75 Å². The summed E-state index contributed by atoms with van der Waals surface area (Å²) >= 11 is 6.52. The molecule has 4 aliphatic heterocycles. The molecule has 1 N–H and O–H groups in total. The molecule has 1 spiro atoms. The number of sulfonamides is 1. The van der Waals surface area contributed by atoms with Gasteiger partial charge < -0.3 is 19.3 Å². The van der Waals surface area contributed by atoms with Gasteiger partial charge in [-0.1, -0.05) is 43.2 Å². The van der Waals surface area contributed by atoms with Crippen molar-refractivity contribution in [3.8, 4) is 5.75 Å². The number of anilines is 1. The number of carbonyl (C=O) groups excluding carboxylic acids is 1. The Hall–Kier alpha value is -2.59. The highest BCUT2D eigenvalue weighted by atomic mass is 35.5. The van der Waals surface area contributed by atoms with E-state index in [1.54, 1.807) is 13.0 Å². The normalized spacial score (nSPS) is 36.5. The third-order valence-electron chi connectivity index (χ3n) is 14.4. The first-order valence-electron chi connectivity index (χ1n) is 20.3. The molecule has 8 rings (SSSR count). The highest BCUT2D eigenvalue weighted by molar-refractivity contribution is 7.90. The molecule has 288 valence electrons. The number of rotatable bonds is 3. The number of aryl methyl sites for hydroxylation is 1. The molecule has 8 nitrogen and oxygen atoms in total. The molecule has 8 atom stereocenters. The Labute approximate surface area is 322 Å². The number of benzene rings is 2. The fourth-order valence-electron chi connectivity index (χ4n) is 11.0. The van der Waals surface area contributed by atoms with E-state index in [0.717, 1.165) is 68.1 Å². The van der Waals surface area contributed by atoms with Gasteiger partial charge in [-0.25, -0.2) is 13.1 Å². The van der Waals surface area contributed by atoms with Crippen LogP contribution in [0.2, 0.25) is 5.02 Å². The van der Waals surface area contributed by atoms with Gasteiger partial charge in [-0.15, -0.1) is 0 Å². The van der Waals surface area contributed by atoms with E-state index in [1.807, 2.05) is 32.2 Å². The maximum Gasteiger partial charge on any atom is 0.264 e. The van der Waals surface area contributed by atoms with Crippen LogP contribution in [-0.2, 0) is 26.6 Å². The molecule has 2 aromatic carbocycles. The monoisotopic (exact) mass is 763 g/mol. The molecule has 53 heavy (non-hydrogen) atoms. The summed E-state index contributed by atoms with van der Waals surface area (Å²) in [5, 5.41) is 0.00168. The average Bonchev–Trinajstić information content (AvgIpc) is 3.28. The molecule has 1 amide bonds. The van der Waals surface area contributed by atoms with Gasteiger partial charge in [0.15, 0.2) is 0 Å². The lowest BCUT2D eigenvalue weighted by atomic mass is 9.61. The van der Waals surface area contributed by atoms with E-state index in [4.69, 9.17) is 21.1 Å². The molecule has 3 fully saturated rings. The molecule has 0 radical (unpaired) electrons. The zero-order valence-corrected chi connectivity index (χ0v) is 33.4. The number of ether oxygens (including phenoxy) is 2. The van der Waals surface area contributed by atoms with Crippen LogP contribution in [0.15, 0.2) is 48.6 Å². The number of halogens is 1. The average molecular weight is 764 g/mol. The fraction of sp³-hybridized carbons (Fsp3) is 0.651. The van der Waals surface area contributed by atoms with Crippen molar-refractivity contribution in [2.24, 2.45) is 23.7 Å². The van der Waals surface area contributed by atoms with Crippen LogP contribution in [-0.4, -0.2) is 76.0 Å². The minimum absolute atomic E-state index is 0.193. The highest BCUT2D eigenvalue weighted by Crippen LogP contribution is 2.51.